The molecule has 1 saturated heterocycles. The molecule has 1 heterocycles. The van der Waals surface area contributed by atoms with Crippen LogP contribution in [-0.2, 0) is 14.3 Å². The summed E-state index contributed by atoms with van der Waals surface area (Å²) >= 11 is 0. The highest BCUT2D eigenvalue weighted by atomic mass is 19.1. The Bertz CT molecular complexity index is 517. The molecule has 5 nitrogen and oxygen atoms in total. The average molecular weight is 267 g/mol. The Kier molecular flexibility index (Phi) is 3.69. The Balaban J connectivity index is 2.33. The van der Waals surface area contributed by atoms with Gasteiger partial charge in [-0.1, -0.05) is 6.07 Å². The number of rotatable bonds is 3. The number of hydrogen-bond acceptors (Lipinski definition) is 4. The van der Waals surface area contributed by atoms with Crippen molar-refractivity contribution >= 4 is 11.9 Å². The van der Waals surface area contributed by atoms with Crippen LogP contribution in [0.25, 0.3) is 0 Å². The van der Waals surface area contributed by atoms with Gasteiger partial charge in [-0.25, -0.2) is 4.39 Å². The van der Waals surface area contributed by atoms with Gasteiger partial charge in [-0.05, 0) is 17.7 Å². The lowest BCUT2D eigenvalue weighted by Gasteiger charge is -2.18. The fourth-order valence-electron chi connectivity index (χ4n) is 2.21. The maximum absolute atomic E-state index is 13.4. The molecular weight excluding hydrogens is 253 g/mol. The molecule has 0 aliphatic carbocycles. The Labute approximate surface area is 109 Å². The molecule has 2 rings (SSSR count). The van der Waals surface area contributed by atoms with Gasteiger partial charge in [0.1, 0.15) is 0 Å². The molecule has 0 spiro atoms. The van der Waals surface area contributed by atoms with Crippen LogP contribution in [0.2, 0.25) is 0 Å². The second-order valence-electron chi connectivity index (χ2n) is 4.27. The summed E-state index contributed by atoms with van der Waals surface area (Å²) in [5, 5.41) is 2.69. The van der Waals surface area contributed by atoms with Crippen molar-refractivity contribution in [2.45, 2.75) is 12.5 Å². The van der Waals surface area contributed by atoms with Gasteiger partial charge >= 0.3 is 5.97 Å². The van der Waals surface area contributed by atoms with Crippen LogP contribution in [0, 0.1) is 11.7 Å². The number of halogens is 1. The molecule has 1 aromatic rings. The van der Waals surface area contributed by atoms with Gasteiger partial charge in [0.05, 0.1) is 26.2 Å². The lowest BCUT2D eigenvalue weighted by Crippen LogP contribution is -2.25. The second kappa shape index (κ2) is 5.26. The van der Waals surface area contributed by atoms with Crippen LogP contribution in [0.1, 0.15) is 18.0 Å². The van der Waals surface area contributed by atoms with E-state index in [4.69, 9.17) is 4.74 Å². The molecule has 102 valence electrons. The minimum absolute atomic E-state index is 0.0665. The SMILES string of the molecule is COC(=O)C1CC(=O)NC1c1ccc(F)c(OC)c1. The van der Waals surface area contributed by atoms with Crippen molar-refractivity contribution in [1.29, 1.82) is 0 Å². The number of benzene rings is 1. The van der Waals surface area contributed by atoms with Crippen molar-refractivity contribution in [2.75, 3.05) is 14.2 Å². The highest BCUT2D eigenvalue weighted by Gasteiger charge is 2.39. The number of esters is 1. The molecule has 1 aromatic carbocycles. The van der Waals surface area contributed by atoms with E-state index in [1.807, 2.05) is 0 Å². The Morgan fingerprint density at radius 1 is 1.42 bits per heavy atom. The normalized spacial score (nSPS) is 21.9. The van der Waals surface area contributed by atoms with E-state index in [1.54, 1.807) is 0 Å². The molecule has 2 atom stereocenters. The van der Waals surface area contributed by atoms with E-state index in [0.29, 0.717) is 5.56 Å². The summed E-state index contributed by atoms with van der Waals surface area (Å²) in [6, 6.07) is 3.72. The van der Waals surface area contributed by atoms with Gasteiger partial charge in [0.25, 0.3) is 0 Å². The molecule has 6 heteroatoms. The molecule has 19 heavy (non-hydrogen) atoms. The first-order valence-corrected chi connectivity index (χ1v) is 5.77. The number of hydrogen-bond donors (Lipinski definition) is 1. The van der Waals surface area contributed by atoms with E-state index in [2.05, 4.69) is 10.1 Å². The molecule has 1 aliphatic heterocycles. The van der Waals surface area contributed by atoms with Gasteiger partial charge in [0.15, 0.2) is 11.6 Å². The van der Waals surface area contributed by atoms with Crippen molar-refractivity contribution in [2.24, 2.45) is 5.92 Å². The van der Waals surface area contributed by atoms with Crippen molar-refractivity contribution in [3.8, 4) is 5.75 Å². The molecule has 1 N–H and O–H groups in total. The van der Waals surface area contributed by atoms with Crippen LogP contribution in [0.15, 0.2) is 18.2 Å². The summed E-state index contributed by atoms with van der Waals surface area (Å²) in [5.41, 5.74) is 0.611. The van der Waals surface area contributed by atoms with Crippen LogP contribution in [-0.4, -0.2) is 26.1 Å². The number of methoxy groups -OCH3 is 2. The summed E-state index contributed by atoms with van der Waals surface area (Å²) in [6.45, 7) is 0. The zero-order valence-corrected chi connectivity index (χ0v) is 10.6. The first-order valence-electron chi connectivity index (χ1n) is 5.77. The summed E-state index contributed by atoms with van der Waals surface area (Å²) < 4.78 is 22.9. The average Bonchev–Trinajstić information content (AvgIpc) is 2.80. The van der Waals surface area contributed by atoms with Crippen molar-refractivity contribution in [1.82, 2.24) is 5.32 Å². The van der Waals surface area contributed by atoms with Gasteiger partial charge in [0.2, 0.25) is 5.91 Å². The zero-order valence-electron chi connectivity index (χ0n) is 10.6. The minimum atomic E-state index is -0.604. The second-order valence-corrected chi connectivity index (χ2v) is 4.27. The van der Waals surface area contributed by atoms with Gasteiger partial charge in [0, 0.05) is 6.42 Å². The molecule has 1 amide bonds. The Morgan fingerprint density at radius 3 is 2.79 bits per heavy atom. The minimum Gasteiger partial charge on any atom is -0.494 e. The first-order chi connectivity index (χ1) is 9.06. The fourth-order valence-corrected chi connectivity index (χ4v) is 2.21. The zero-order chi connectivity index (χ0) is 14.0. The maximum Gasteiger partial charge on any atom is 0.311 e. The molecular formula is C13H14FNO4. The molecule has 0 aromatic heterocycles. The fraction of sp³-hybridized carbons (Fsp3) is 0.385. The predicted octanol–water partition coefficient (Wildman–Crippen LogP) is 1.18. The monoisotopic (exact) mass is 267 g/mol. The van der Waals surface area contributed by atoms with Crippen LogP contribution in [0.4, 0.5) is 4.39 Å². The Morgan fingerprint density at radius 2 is 2.16 bits per heavy atom. The summed E-state index contributed by atoms with van der Waals surface area (Å²) in [5.74, 6) is -1.73. The number of carbonyl (C=O) groups excluding carboxylic acids is 2. The third kappa shape index (κ3) is 2.52. The summed E-state index contributed by atoms with van der Waals surface area (Å²) in [7, 11) is 2.63. The highest BCUT2D eigenvalue weighted by Crippen LogP contribution is 2.33. The van der Waals surface area contributed by atoms with Crippen molar-refractivity contribution in [3.05, 3.63) is 29.6 Å². The molecule has 0 bridgehead atoms. The number of carbonyl (C=O) groups is 2. The summed E-state index contributed by atoms with van der Waals surface area (Å²) in [6.07, 6.45) is 0.0665. The lowest BCUT2D eigenvalue weighted by atomic mass is 9.94. The molecule has 1 fully saturated rings. The van der Waals surface area contributed by atoms with Gasteiger partial charge in [-0.3, -0.25) is 9.59 Å². The number of nitrogens with one attached hydrogen (secondary N) is 1. The van der Waals surface area contributed by atoms with E-state index in [1.165, 1.54) is 32.4 Å². The van der Waals surface area contributed by atoms with Crippen molar-refractivity contribution < 1.29 is 23.5 Å². The van der Waals surface area contributed by atoms with E-state index in [9.17, 15) is 14.0 Å². The van der Waals surface area contributed by atoms with Gasteiger partial charge in [-0.2, -0.15) is 0 Å². The standard InChI is InChI=1S/C13H14FNO4/c1-18-10-5-7(3-4-9(10)14)12-8(13(17)19-2)6-11(16)15-12/h3-5,8,12H,6H2,1-2H3,(H,15,16). The van der Waals surface area contributed by atoms with Crippen LogP contribution in [0.5, 0.6) is 5.75 Å². The largest absolute Gasteiger partial charge is 0.494 e. The van der Waals surface area contributed by atoms with Gasteiger partial charge in [-0.15, -0.1) is 0 Å². The van der Waals surface area contributed by atoms with E-state index in [0.717, 1.165) is 0 Å². The third-order valence-electron chi connectivity index (χ3n) is 3.16. The maximum atomic E-state index is 13.4. The first kappa shape index (κ1) is 13.3. The predicted molar refractivity (Wildman–Crippen MR) is 64.0 cm³/mol. The van der Waals surface area contributed by atoms with Crippen LogP contribution in [0.3, 0.4) is 0 Å². The summed E-state index contributed by atoms with van der Waals surface area (Å²) in [4.78, 5) is 23.1. The number of amides is 1. The smallest absolute Gasteiger partial charge is 0.311 e. The molecule has 2 unspecified atom stereocenters. The van der Waals surface area contributed by atoms with Crippen molar-refractivity contribution in [3.63, 3.8) is 0 Å². The van der Waals surface area contributed by atoms with E-state index in [-0.39, 0.29) is 18.1 Å². The molecule has 0 radical (unpaired) electrons. The molecule has 1 aliphatic rings. The highest BCUT2D eigenvalue weighted by molar-refractivity contribution is 5.87. The molecule has 0 saturated carbocycles. The number of ether oxygens (including phenoxy) is 2. The topological polar surface area (TPSA) is 64.6 Å². The van der Waals surface area contributed by atoms with E-state index < -0.39 is 23.7 Å². The quantitative estimate of drug-likeness (QED) is 0.835. The van der Waals surface area contributed by atoms with Crippen LogP contribution < -0.4 is 10.1 Å². The van der Waals surface area contributed by atoms with Crippen LogP contribution >= 0.6 is 0 Å². The Hall–Kier alpha value is -2.11. The lowest BCUT2D eigenvalue weighted by molar-refractivity contribution is -0.146. The van der Waals surface area contributed by atoms with E-state index >= 15 is 0 Å². The van der Waals surface area contributed by atoms with Gasteiger partial charge < -0.3 is 14.8 Å². The third-order valence-corrected chi connectivity index (χ3v) is 3.16.